The van der Waals surface area contributed by atoms with Crippen LogP contribution in [0.1, 0.15) is 18.1 Å². The van der Waals surface area contributed by atoms with Crippen molar-refractivity contribution in [2.24, 2.45) is 0 Å². The fourth-order valence-electron chi connectivity index (χ4n) is 2.03. The molecule has 0 bridgehead atoms. The zero-order valence-electron chi connectivity index (χ0n) is 11.0. The molecule has 2 rings (SSSR count). The number of aliphatic hydroxyl groups excluding tert-OH is 1. The molecule has 104 valence electrons. The Kier molecular flexibility index (Phi) is 4.76. The third kappa shape index (κ3) is 3.68. The molecule has 0 radical (unpaired) electrons. The second-order valence-electron chi connectivity index (χ2n) is 4.44. The van der Waals surface area contributed by atoms with Crippen LogP contribution in [0.3, 0.4) is 0 Å². The Balaban J connectivity index is 1.91. The van der Waals surface area contributed by atoms with E-state index in [1.165, 1.54) is 11.1 Å². The molecule has 5 heteroatoms. The highest BCUT2D eigenvalue weighted by Gasteiger charge is 2.17. The lowest BCUT2D eigenvalue weighted by atomic mass is 10.0. The van der Waals surface area contributed by atoms with Crippen molar-refractivity contribution in [1.82, 2.24) is 5.32 Å². The van der Waals surface area contributed by atoms with E-state index in [0.717, 1.165) is 19.5 Å². The number of aliphatic hydroxyl groups is 1. The van der Waals surface area contributed by atoms with E-state index in [1.54, 1.807) is 6.92 Å². The summed E-state index contributed by atoms with van der Waals surface area (Å²) in [6.07, 6.45) is -0.273. The SMILES string of the molecule is CCOC(=O)[C@H](O)COc1ccc2c(c1)CCNC2. The van der Waals surface area contributed by atoms with Gasteiger partial charge in [0.15, 0.2) is 6.10 Å². The van der Waals surface area contributed by atoms with Crippen LogP contribution in [0.15, 0.2) is 18.2 Å². The Morgan fingerprint density at radius 3 is 3.11 bits per heavy atom. The Labute approximate surface area is 112 Å². The predicted molar refractivity (Wildman–Crippen MR) is 70.0 cm³/mol. The molecule has 1 aromatic carbocycles. The van der Waals surface area contributed by atoms with Crippen molar-refractivity contribution in [2.45, 2.75) is 26.0 Å². The minimum atomic E-state index is -1.24. The average molecular weight is 265 g/mol. The van der Waals surface area contributed by atoms with E-state index >= 15 is 0 Å². The maximum absolute atomic E-state index is 11.2. The molecule has 0 aliphatic carbocycles. The third-order valence-electron chi connectivity index (χ3n) is 3.03. The van der Waals surface area contributed by atoms with Crippen molar-refractivity contribution < 1.29 is 19.4 Å². The fourth-order valence-corrected chi connectivity index (χ4v) is 2.03. The summed E-state index contributed by atoms with van der Waals surface area (Å²) in [4.78, 5) is 11.2. The van der Waals surface area contributed by atoms with E-state index in [4.69, 9.17) is 9.47 Å². The maximum atomic E-state index is 11.2. The summed E-state index contributed by atoms with van der Waals surface area (Å²) in [6, 6.07) is 5.82. The minimum absolute atomic E-state index is 0.0874. The van der Waals surface area contributed by atoms with Crippen LogP contribution in [0.2, 0.25) is 0 Å². The van der Waals surface area contributed by atoms with Gasteiger partial charge in [-0.2, -0.15) is 0 Å². The van der Waals surface area contributed by atoms with Gasteiger partial charge in [0, 0.05) is 6.54 Å². The van der Waals surface area contributed by atoms with Crippen molar-refractivity contribution >= 4 is 5.97 Å². The van der Waals surface area contributed by atoms with E-state index in [2.05, 4.69) is 5.32 Å². The number of ether oxygens (including phenoxy) is 2. The van der Waals surface area contributed by atoms with E-state index in [0.29, 0.717) is 5.75 Å². The van der Waals surface area contributed by atoms with E-state index in [-0.39, 0.29) is 13.2 Å². The van der Waals surface area contributed by atoms with Crippen LogP contribution >= 0.6 is 0 Å². The number of hydrogen-bond acceptors (Lipinski definition) is 5. The summed E-state index contributed by atoms with van der Waals surface area (Å²) in [7, 11) is 0. The number of nitrogens with one attached hydrogen (secondary N) is 1. The number of hydrogen-bond donors (Lipinski definition) is 2. The topological polar surface area (TPSA) is 67.8 Å². The first kappa shape index (κ1) is 13.8. The second-order valence-corrected chi connectivity index (χ2v) is 4.44. The molecule has 0 saturated carbocycles. The molecule has 0 saturated heterocycles. The van der Waals surface area contributed by atoms with Crippen molar-refractivity contribution in [1.29, 1.82) is 0 Å². The van der Waals surface area contributed by atoms with Crippen LogP contribution in [0, 0.1) is 0 Å². The second kappa shape index (κ2) is 6.54. The molecule has 2 N–H and O–H groups in total. The van der Waals surface area contributed by atoms with Gasteiger partial charge in [-0.1, -0.05) is 6.07 Å². The fraction of sp³-hybridized carbons (Fsp3) is 0.500. The molecular weight excluding hydrogens is 246 g/mol. The number of carbonyl (C=O) groups is 1. The Morgan fingerprint density at radius 2 is 2.32 bits per heavy atom. The molecule has 1 heterocycles. The van der Waals surface area contributed by atoms with Crippen molar-refractivity contribution in [2.75, 3.05) is 19.8 Å². The largest absolute Gasteiger partial charge is 0.490 e. The maximum Gasteiger partial charge on any atom is 0.338 e. The molecule has 0 unspecified atom stereocenters. The monoisotopic (exact) mass is 265 g/mol. The summed E-state index contributed by atoms with van der Waals surface area (Å²) >= 11 is 0. The van der Waals surface area contributed by atoms with Gasteiger partial charge in [0.2, 0.25) is 0 Å². The van der Waals surface area contributed by atoms with Crippen LogP contribution in [0.4, 0.5) is 0 Å². The molecule has 1 atom stereocenters. The van der Waals surface area contributed by atoms with Crippen LogP contribution in [0.25, 0.3) is 0 Å². The first-order chi connectivity index (χ1) is 9.20. The highest BCUT2D eigenvalue weighted by atomic mass is 16.6. The van der Waals surface area contributed by atoms with Crippen LogP contribution in [0.5, 0.6) is 5.75 Å². The normalized spacial score (nSPS) is 15.5. The van der Waals surface area contributed by atoms with Crippen molar-refractivity contribution in [3.05, 3.63) is 29.3 Å². The standard InChI is InChI=1S/C14H19NO4/c1-2-18-14(17)13(16)9-19-12-4-3-11-8-15-6-5-10(11)7-12/h3-4,7,13,15-16H,2,5-6,8-9H2,1H3/t13-/m1/s1. The van der Waals surface area contributed by atoms with Crippen molar-refractivity contribution in [3.8, 4) is 5.75 Å². The molecular formula is C14H19NO4. The van der Waals surface area contributed by atoms with Crippen LogP contribution < -0.4 is 10.1 Å². The number of benzene rings is 1. The number of fused-ring (bicyclic) bond motifs is 1. The lowest BCUT2D eigenvalue weighted by Gasteiger charge is -2.18. The molecule has 0 aromatic heterocycles. The quantitative estimate of drug-likeness (QED) is 0.765. The molecule has 1 aliphatic heterocycles. The summed E-state index contributed by atoms with van der Waals surface area (Å²) in [5.74, 6) is 0.0219. The minimum Gasteiger partial charge on any atom is -0.490 e. The zero-order chi connectivity index (χ0) is 13.7. The highest BCUT2D eigenvalue weighted by molar-refractivity contribution is 5.74. The molecule has 1 aliphatic rings. The number of rotatable bonds is 5. The lowest BCUT2D eigenvalue weighted by Crippen LogP contribution is -2.29. The highest BCUT2D eigenvalue weighted by Crippen LogP contribution is 2.20. The van der Waals surface area contributed by atoms with Gasteiger partial charge in [-0.25, -0.2) is 4.79 Å². The number of carbonyl (C=O) groups excluding carboxylic acids is 1. The lowest BCUT2D eigenvalue weighted by molar-refractivity contribution is -0.154. The summed E-state index contributed by atoms with van der Waals surface area (Å²) in [5, 5.41) is 12.8. The summed E-state index contributed by atoms with van der Waals surface area (Å²) < 4.78 is 10.1. The van der Waals surface area contributed by atoms with Crippen LogP contribution in [-0.2, 0) is 22.5 Å². The predicted octanol–water partition coefficient (Wildman–Crippen LogP) is 0.635. The van der Waals surface area contributed by atoms with Gasteiger partial charge >= 0.3 is 5.97 Å². The third-order valence-corrected chi connectivity index (χ3v) is 3.03. The molecule has 5 nitrogen and oxygen atoms in total. The molecule has 0 fully saturated rings. The Bertz CT molecular complexity index is 447. The first-order valence-electron chi connectivity index (χ1n) is 6.50. The molecule has 19 heavy (non-hydrogen) atoms. The van der Waals surface area contributed by atoms with Crippen molar-refractivity contribution in [3.63, 3.8) is 0 Å². The summed E-state index contributed by atoms with van der Waals surface area (Å²) in [5.41, 5.74) is 2.52. The zero-order valence-corrected chi connectivity index (χ0v) is 11.0. The van der Waals surface area contributed by atoms with Gasteiger partial charge in [0.1, 0.15) is 12.4 Å². The van der Waals surface area contributed by atoms with Gasteiger partial charge < -0.3 is 19.9 Å². The van der Waals surface area contributed by atoms with Gasteiger partial charge in [0.05, 0.1) is 6.61 Å². The van der Waals surface area contributed by atoms with Gasteiger partial charge in [-0.05, 0) is 43.1 Å². The first-order valence-corrected chi connectivity index (χ1v) is 6.50. The summed E-state index contributed by atoms with van der Waals surface area (Å²) in [6.45, 7) is 3.70. The van der Waals surface area contributed by atoms with E-state index in [9.17, 15) is 9.90 Å². The van der Waals surface area contributed by atoms with E-state index < -0.39 is 12.1 Å². The van der Waals surface area contributed by atoms with Crippen LogP contribution in [-0.4, -0.2) is 36.9 Å². The molecule has 0 amide bonds. The Morgan fingerprint density at radius 1 is 1.47 bits per heavy atom. The molecule has 0 spiro atoms. The smallest absolute Gasteiger partial charge is 0.338 e. The van der Waals surface area contributed by atoms with Gasteiger partial charge in [-0.15, -0.1) is 0 Å². The number of esters is 1. The van der Waals surface area contributed by atoms with Gasteiger partial charge in [-0.3, -0.25) is 0 Å². The Hall–Kier alpha value is -1.59. The average Bonchev–Trinajstić information content (AvgIpc) is 2.44. The van der Waals surface area contributed by atoms with E-state index in [1.807, 2.05) is 18.2 Å². The molecule has 1 aromatic rings. The van der Waals surface area contributed by atoms with Gasteiger partial charge in [0.25, 0.3) is 0 Å².